The highest BCUT2D eigenvalue weighted by molar-refractivity contribution is 7.86. The zero-order chi connectivity index (χ0) is 14.4. The summed E-state index contributed by atoms with van der Waals surface area (Å²) < 4.78 is 28.2. The maximum atomic E-state index is 12.5. The maximum absolute atomic E-state index is 12.5. The van der Waals surface area contributed by atoms with Crippen LogP contribution in [-0.4, -0.2) is 49.8 Å². The molecule has 1 aliphatic heterocycles. The molecule has 0 unspecified atom stereocenters. The number of nitrogens with two attached hydrogens (primary N) is 1. The maximum Gasteiger partial charge on any atom is 0.282 e. The van der Waals surface area contributed by atoms with Crippen molar-refractivity contribution in [1.29, 1.82) is 0 Å². The van der Waals surface area contributed by atoms with Gasteiger partial charge in [-0.3, -0.25) is 0 Å². The second-order valence-electron chi connectivity index (χ2n) is 5.04. The highest BCUT2D eigenvalue weighted by Gasteiger charge is 2.30. The largest absolute Gasteiger partial charge is 0.329 e. The predicted octanol–water partition coefficient (Wildman–Crippen LogP) is 0.830. The van der Waals surface area contributed by atoms with E-state index in [1.54, 1.807) is 4.31 Å². The minimum atomic E-state index is -3.35. The van der Waals surface area contributed by atoms with Crippen LogP contribution in [0.4, 0.5) is 0 Å². The number of hydrogen-bond donors (Lipinski definition) is 1. The fourth-order valence-electron chi connectivity index (χ4n) is 2.47. The SMILES string of the molecule is NCCN(CCc1ccccc1)S(=O)(=O)N1CCCC1. The molecule has 2 rings (SSSR count). The Balaban J connectivity index is 2.02. The van der Waals surface area contributed by atoms with Gasteiger partial charge < -0.3 is 5.73 Å². The van der Waals surface area contributed by atoms with E-state index in [1.807, 2.05) is 30.3 Å². The average molecular weight is 297 g/mol. The molecule has 1 aromatic carbocycles. The van der Waals surface area contributed by atoms with E-state index in [4.69, 9.17) is 5.73 Å². The summed E-state index contributed by atoms with van der Waals surface area (Å²) in [6.45, 7) is 2.48. The lowest BCUT2D eigenvalue weighted by Gasteiger charge is -2.26. The van der Waals surface area contributed by atoms with Crippen LogP contribution in [0.5, 0.6) is 0 Å². The van der Waals surface area contributed by atoms with Gasteiger partial charge >= 0.3 is 0 Å². The molecule has 1 aromatic rings. The number of benzene rings is 1. The van der Waals surface area contributed by atoms with Crippen molar-refractivity contribution < 1.29 is 8.42 Å². The van der Waals surface area contributed by atoms with Gasteiger partial charge in [-0.1, -0.05) is 30.3 Å². The van der Waals surface area contributed by atoms with Crippen LogP contribution in [0.3, 0.4) is 0 Å². The first-order chi connectivity index (χ1) is 9.64. The van der Waals surface area contributed by atoms with Crippen LogP contribution in [-0.2, 0) is 16.6 Å². The zero-order valence-electron chi connectivity index (χ0n) is 11.7. The van der Waals surface area contributed by atoms with Gasteiger partial charge in [-0.05, 0) is 24.8 Å². The summed E-state index contributed by atoms with van der Waals surface area (Å²) in [5.41, 5.74) is 6.71. The molecule has 0 radical (unpaired) electrons. The Labute approximate surface area is 121 Å². The molecule has 112 valence electrons. The summed E-state index contributed by atoms with van der Waals surface area (Å²) in [4.78, 5) is 0. The lowest BCUT2D eigenvalue weighted by molar-refractivity contribution is 0.366. The van der Waals surface area contributed by atoms with E-state index in [1.165, 1.54) is 4.31 Å². The second kappa shape index (κ2) is 7.17. The Morgan fingerprint density at radius 2 is 1.75 bits per heavy atom. The highest BCUT2D eigenvalue weighted by atomic mass is 32.2. The Hall–Kier alpha value is -0.950. The molecule has 0 amide bonds. The van der Waals surface area contributed by atoms with E-state index in [9.17, 15) is 8.42 Å². The molecule has 1 heterocycles. The van der Waals surface area contributed by atoms with Crippen molar-refractivity contribution in [2.75, 3.05) is 32.7 Å². The van der Waals surface area contributed by atoms with Gasteiger partial charge in [0.15, 0.2) is 0 Å². The van der Waals surface area contributed by atoms with Crippen LogP contribution < -0.4 is 5.73 Å². The minimum absolute atomic E-state index is 0.349. The Bertz CT molecular complexity index is 498. The molecule has 1 fully saturated rings. The summed E-state index contributed by atoms with van der Waals surface area (Å²) in [5.74, 6) is 0. The minimum Gasteiger partial charge on any atom is -0.329 e. The third kappa shape index (κ3) is 3.79. The standard InChI is InChI=1S/C14H23N3O2S/c15-9-13-17(12-8-14-6-2-1-3-7-14)20(18,19)16-10-4-5-11-16/h1-3,6-7H,4-5,8-13,15H2. The van der Waals surface area contributed by atoms with Crippen LogP contribution in [0.1, 0.15) is 18.4 Å². The first-order valence-electron chi connectivity index (χ1n) is 7.14. The average Bonchev–Trinajstić information content (AvgIpc) is 2.99. The smallest absolute Gasteiger partial charge is 0.282 e. The molecule has 6 heteroatoms. The number of hydrogen-bond acceptors (Lipinski definition) is 3. The number of rotatable bonds is 7. The molecule has 1 aliphatic rings. The number of nitrogens with zero attached hydrogens (tertiary/aromatic N) is 2. The van der Waals surface area contributed by atoms with Crippen LogP contribution in [0.2, 0.25) is 0 Å². The first-order valence-corrected chi connectivity index (χ1v) is 8.53. The molecule has 0 saturated carbocycles. The molecule has 2 N–H and O–H groups in total. The van der Waals surface area contributed by atoms with Crippen LogP contribution >= 0.6 is 0 Å². The van der Waals surface area contributed by atoms with Gasteiger partial charge in [-0.25, -0.2) is 0 Å². The van der Waals surface area contributed by atoms with Crippen LogP contribution in [0, 0.1) is 0 Å². The molecule has 0 aliphatic carbocycles. The Morgan fingerprint density at radius 1 is 1.10 bits per heavy atom. The van der Waals surface area contributed by atoms with Crippen molar-refractivity contribution in [3.8, 4) is 0 Å². The molecule has 0 spiro atoms. The normalized spacial score (nSPS) is 16.9. The summed E-state index contributed by atoms with van der Waals surface area (Å²) in [5, 5.41) is 0. The molecule has 5 nitrogen and oxygen atoms in total. The molecule has 20 heavy (non-hydrogen) atoms. The predicted molar refractivity (Wildman–Crippen MR) is 80.5 cm³/mol. The molecular formula is C14H23N3O2S. The van der Waals surface area contributed by atoms with Crippen molar-refractivity contribution >= 4 is 10.2 Å². The topological polar surface area (TPSA) is 66.6 Å². The van der Waals surface area contributed by atoms with E-state index in [0.717, 1.165) is 18.4 Å². The van der Waals surface area contributed by atoms with Gasteiger partial charge in [-0.15, -0.1) is 0 Å². The van der Waals surface area contributed by atoms with Crippen LogP contribution in [0.15, 0.2) is 30.3 Å². The quantitative estimate of drug-likeness (QED) is 0.810. The van der Waals surface area contributed by atoms with Gasteiger partial charge in [-0.2, -0.15) is 17.0 Å². The molecule has 0 aromatic heterocycles. The van der Waals surface area contributed by atoms with Gasteiger partial charge in [0.25, 0.3) is 10.2 Å². The fraction of sp³-hybridized carbons (Fsp3) is 0.571. The van der Waals surface area contributed by atoms with Crippen molar-refractivity contribution in [3.63, 3.8) is 0 Å². The van der Waals surface area contributed by atoms with Crippen molar-refractivity contribution in [1.82, 2.24) is 8.61 Å². The Kier molecular flexibility index (Phi) is 5.54. The van der Waals surface area contributed by atoms with Crippen LogP contribution in [0.25, 0.3) is 0 Å². The molecule has 0 bridgehead atoms. The fourth-order valence-corrected chi connectivity index (χ4v) is 4.17. The van der Waals surface area contributed by atoms with E-state index in [2.05, 4.69) is 0 Å². The van der Waals surface area contributed by atoms with Gasteiger partial charge in [0.05, 0.1) is 0 Å². The molecular weight excluding hydrogens is 274 g/mol. The highest BCUT2D eigenvalue weighted by Crippen LogP contribution is 2.16. The second-order valence-corrected chi connectivity index (χ2v) is 6.97. The van der Waals surface area contributed by atoms with Gasteiger partial charge in [0, 0.05) is 32.7 Å². The van der Waals surface area contributed by atoms with E-state index in [0.29, 0.717) is 39.1 Å². The molecule has 0 atom stereocenters. The van der Waals surface area contributed by atoms with Gasteiger partial charge in [0.1, 0.15) is 0 Å². The van der Waals surface area contributed by atoms with Gasteiger partial charge in [0.2, 0.25) is 0 Å². The lowest BCUT2D eigenvalue weighted by Crippen LogP contribution is -2.45. The van der Waals surface area contributed by atoms with Crippen molar-refractivity contribution in [2.45, 2.75) is 19.3 Å². The monoisotopic (exact) mass is 297 g/mol. The third-order valence-electron chi connectivity index (χ3n) is 3.59. The third-order valence-corrected chi connectivity index (χ3v) is 5.62. The zero-order valence-corrected chi connectivity index (χ0v) is 12.6. The lowest BCUT2D eigenvalue weighted by atomic mass is 10.1. The summed E-state index contributed by atoms with van der Waals surface area (Å²) >= 11 is 0. The summed E-state index contributed by atoms with van der Waals surface area (Å²) in [6.07, 6.45) is 2.62. The van der Waals surface area contributed by atoms with E-state index < -0.39 is 10.2 Å². The first kappa shape index (κ1) is 15.4. The van der Waals surface area contributed by atoms with Crippen molar-refractivity contribution in [3.05, 3.63) is 35.9 Å². The molecule has 1 saturated heterocycles. The summed E-state index contributed by atoms with van der Waals surface area (Å²) in [7, 11) is -3.35. The van der Waals surface area contributed by atoms with Crippen molar-refractivity contribution in [2.24, 2.45) is 5.73 Å². The van der Waals surface area contributed by atoms with E-state index in [-0.39, 0.29) is 0 Å². The summed E-state index contributed by atoms with van der Waals surface area (Å²) in [6, 6.07) is 9.93. The van der Waals surface area contributed by atoms with E-state index >= 15 is 0 Å². The Morgan fingerprint density at radius 3 is 2.35 bits per heavy atom.